The quantitative estimate of drug-likeness (QED) is 0.158. The summed E-state index contributed by atoms with van der Waals surface area (Å²) in [6, 6.07) is 19.2. The Kier molecular flexibility index (Phi) is 7.85. The van der Waals surface area contributed by atoms with Crippen molar-refractivity contribution in [1.29, 1.82) is 0 Å². The molecular formula is C27H18Cl3N5O3S. The van der Waals surface area contributed by atoms with Gasteiger partial charge in [0.15, 0.2) is 5.11 Å². The van der Waals surface area contributed by atoms with E-state index in [1.54, 1.807) is 73.8 Å². The van der Waals surface area contributed by atoms with E-state index in [9.17, 15) is 4.79 Å². The van der Waals surface area contributed by atoms with E-state index in [-0.39, 0.29) is 5.11 Å². The van der Waals surface area contributed by atoms with Gasteiger partial charge in [-0.05, 0) is 85.0 Å². The van der Waals surface area contributed by atoms with E-state index in [0.717, 1.165) is 0 Å². The van der Waals surface area contributed by atoms with Gasteiger partial charge in [-0.25, -0.2) is 0 Å². The van der Waals surface area contributed by atoms with Crippen molar-refractivity contribution in [2.45, 2.75) is 0 Å². The number of carbonyl (C=O) groups excluding carboxylic acids is 1. The number of amides is 1. The lowest BCUT2D eigenvalue weighted by molar-refractivity contribution is -0.115. The van der Waals surface area contributed by atoms with Crippen LogP contribution in [-0.2, 0) is 4.79 Å². The third-order valence-electron chi connectivity index (χ3n) is 5.46. The molecule has 2 N–H and O–H groups in total. The summed E-state index contributed by atoms with van der Waals surface area (Å²) in [5.74, 6) is 1.15. The van der Waals surface area contributed by atoms with Gasteiger partial charge in [-0.1, -0.05) is 34.8 Å². The molecule has 2 heterocycles. The van der Waals surface area contributed by atoms with Gasteiger partial charge in [0, 0.05) is 22.3 Å². The highest BCUT2D eigenvalue weighted by Gasteiger charge is 2.11. The minimum absolute atomic E-state index is 0.117. The van der Waals surface area contributed by atoms with E-state index in [4.69, 9.17) is 56.2 Å². The number of benzene rings is 3. The summed E-state index contributed by atoms with van der Waals surface area (Å²) in [6.45, 7) is 0. The highest BCUT2D eigenvalue weighted by molar-refractivity contribution is 7.80. The largest absolute Gasteiger partial charge is 0.495 e. The van der Waals surface area contributed by atoms with Crippen molar-refractivity contribution in [2.75, 3.05) is 12.4 Å². The summed E-state index contributed by atoms with van der Waals surface area (Å²) in [5.41, 5.74) is 3.30. The van der Waals surface area contributed by atoms with Crippen LogP contribution in [0, 0.1) is 0 Å². The normalized spacial score (nSPS) is 11.2. The average molecular weight is 599 g/mol. The van der Waals surface area contributed by atoms with E-state index in [1.165, 1.54) is 16.9 Å². The third-order valence-corrected chi connectivity index (χ3v) is 6.51. The van der Waals surface area contributed by atoms with E-state index >= 15 is 0 Å². The first-order valence-electron chi connectivity index (χ1n) is 11.4. The van der Waals surface area contributed by atoms with Crippen LogP contribution in [0.1, 0.15) is 5.76 Å². The van der Waals surface area contributed by atoms with Gasteiger partial charge in [-0.15, -0.1) is 10.2 Å². The van der Waals surface area contributed by atoms with Gasteiger partial charge in [0.25, 0.3) is 0 Å². The second-order valence-corrected chi connectivity index (χ2v) is 9.77. The Labute approximate surface area is 243 Å². The number of ether oxygens (including phenoxy) is 1. The highest BCUT2D eigenvalue weighted by atomic mass is 35.5. The molecule has 0 atom stereocenters. The number of thiocarbonyl (C=S) groups is 1. The van der Waals surface area contributed by atoms with E-state index in [1.807, 2.05) is 0 Å². The van der Waals surface area contributed by atoms with Crippen LogP contribution in [0.15, 0.2) is 77.2 Å². The molecular weight excluding hydrogens is 581 g/mol. The lowest BCUT2D eigenvalue weighted by Crippen LogP contribution is -2.32. The zero-order chi connectivity index (χ0) is 27.5. The van der Waals surface area contributed by atoms with Gasteiger partial charge in [0.1, 0.15) is 28.3 Å². The molecule has 0 unspecified atom stereocenters. The molecule has 3 aromatic carbocycles. The highest BCUT2D eigenvalue weighted by Crippen LogP contribution is 2.32. The fraction of sp³-hybridized carbons (Fsp3) is 0.0370. The van der Waals surface area contributed by atoms with Crippen LogP contribution in [-0.4, -0.2) is 33.1 Å². The third kappa shape index (κ3) is 6.23. The molecule has 196 valence electrons. The number of fused-ring (bicyclic) bond motifs is 1. The first-order valence-corrected chi connectivity index (χ1v) is 12.9. The smallest absolute Gasteiger partial charge is 0.250 e. The van der Waals surface area contributed by atoms with Crippen molar-refractivity contribution in [3.8, 4) is 22.8 Å². The number of anilines is 1. The Morgan fingerprint density at radius 3 is 2.56 bits per heavy atom. The molecule has 5 aromatic rings. The number of nitrogens with zero attached hydrogens (tertiary/aromatic N) is 3. The van der Waals surface area contributed by atoms with Gasteiger partial charge < -0.3 is 14.5 Å². The maximum Gasteiger partial charge on any atom is 0.250 e. The zero-order valence-corrected chi connectivity index (χ0v) is 23.2. The fourth-order valence-electron chi connectivity index (χ4n) is 3.64. The Morgan fingerprint density at radius 2 is 1.79 bits per heavy atom. The number of halogens is 3. The lowest BCUT2D eigenvalue weighted by Gasteiger charge is -2.07. The maximum absolute atomic E-state index is 12.4. The molecule has 12 heteroatoms. The summed E-state index contributed by atoms with van der Waals surface area (Å²) in [4.78, 5) is 13.9. The predicted octanol–water partition coefficient (Wildman–Crippen LogP) is 7.18. The number of furan rings is 1. The van der Waals surface area contributed by atoms with Crippen molar-refractivity contribution in [2.24, 2.45) is 0 Å². The number of aromatic nitrogens is 3. The number of hydrogen-bond acceptors (Lipinski definition) is 6. The van der Waals surface area contributed by atoms with Gasteiger partial charge in [-0.2, -0.15) is 4.80 Å². The van der Waals surface area contributed by atoms with Crippen LogP contribution in [0.3, 0.4) is 0 Å². The maximum atomic E-state index is 12.4. The molecule has 0 saturated heterocycles. The van der Waals surface area contributed by atoms with E-state index < -0.39 is 5.91 Å². The number of hydrogen-bond donors (Lipinski definition) is 2. The molecule has 1 amide bonds. The van der Waals surface area contributed by atoms with Crippen molar-refractivity contribution >= 4 is 80.8 Å². The molecule has 0 aliphatic heterocycles. The minimum atomic E-state index is -0.432. The molecule has 0 radical (unpaired) electrons. The van der Waals surface area contributed by atoms with Gasteiger partial charge in [0.05, 0.1) is 22.8 Å². The molecule has 0 fully saturated rings. The van der Waals surface area contributed by atoms with Crippen LogP contribution in [0.5, 0.6) is 5.75 Å². The summed E-state index contributed by atoms with van der Waals surface area (Å²) < 4.78 is 11.0. The van der Waals surface area contributed by atoms with Gasteiger partial charge in [-0.3, -0.25) is 10.1 Å². The van der Waals surface area contributed by atoms with Gasteiger partial charge in [0.2, 0.25) is 5.91 Å². The summed E-state index contributed by atoms with van der Waals surface area (Å²) >= 11 is 23.7. The molecule has 0 spiro atoms. The standard InChI is InChI=1S/C27H18Cl3N5O3S/c1-37-25-9-4-17(14-21(25)30)35-33-22-8-3-16(13-23(22)34-35)31-27(39)32-26(36)11-6-18-5-10-24(38-18)19-7-2-15(28)12-20(19)29/h2-14H,1H3,(H2,31,32,36,39)/b11-6+. The number of rotatable bonds is 6. The lowest BCUT2D eigenvalue weighted by atomic mass is 10.2. The summed E-state index contributed by atoms with van der Waals surface area (Å²) in [5, 5.41) is 16.1. The second kappa shape index (κ2) is 11.5. The molecule has 5 rings (SSSR count). The van der Waals surface area contributed by atoms with Crippen molar-refractivity contribution in [3.63, 3.8) is 0 Å². The van der Waals surface area contributed by atoms with Crippen LogP contribution >= 0.6 is 47.0 Å². The van der Waals surface area contributed by atoms with Crippen LogP contribution < -0.4 is 15.4 Å². The number of nitrogens with one attached hydrogen (secondary N) is 2. The number of methoxy groups -OCH3 is 1. The van der Waals surface area contributed by atoms with Crippen molar-refractivity contribution in [1.82, 2.24) is 20.3 Å². The minimum Gasteiger partial charge on any atom is -0.495 e. The van der Waals surface area contributed by atoms with E-state index in [2.05, 4.69) is 20.8 Å². The predicted molar refractivity (Wildman–Crippen MR) is 158 cm³/mol. The Bertz CT molecular complexity index is 1750. The average Bonchev–Trinajstić information content (AvgIpc) is 3.54. The van der Waals surface area contributed by atoms with E-state index in [0.29, 0.717) is 60.3 Å². The zero-order valence-electron chi connectivity index (χ0n) is 20.1. The monoisotopic (exact) mass is 597 g/mol. The first kappa shape index (κ1) is 26.7. The SMILES string of the molecule is COc1ccc(-n2nc3ccc(NC(=S)NC(=O)/C=C/c4ccc(-c5ccc(Cl)cc5Cl)o4)cc3n2)cc1Cl. The summed E-state index contributed by atoms with van der Waals surface area (Å²) in [7, 11) is 1.55. The van der Waals surface area contributed by atoms with Crippen molar-refractivity contribution in [3.05, 3.63) is 93.6 Å². The Hall–Kier alpha value is -3.89. The molecule has 2 aromatic heterocycles. The Balaban J connectivity index is 1.21. The van der Waals surface area contributed by atoms with Crippen LogP contribution in [0.2, 0.25) is 15.1 Å². The molecule has 8 nitrogen and oxygen atoms in total. The fourth-order valence-corrected chi connectivity index (χ4v) is 4.61. The number of carbonyl (C=O) groups is 1. The molecule has 0 saturated carbocycles. The second-order valence-electron chi connectivity index (χ2n) is 8.11. The topological polar surface area (TPSA) is 94.2 Å². The van der Waals surface area contributed by atoms with Crippen molar-refractivity contribution < 1.29 is 13.9 Å². The molecule has 0 aliphatic rings. The summed E-state index contributed by atoms with van der Waals surface area (Å²) in [6.07, 6.45) is 2.84. The first-order chi connectivity index (χ1) is 18.8. The molecule has 39 heavy (non-hydrogen) atoms. The molecule has 0 bridgehead atoms. The van der Waals surface area contributed by atoms with Gasteiger partial charge >= 0.3 is 0 Å². The van der Waals surface area contributed by atoms with Crippen LogP contribution in [0.25, 0.3) is 34.1 Å². The van der Waals surface area contributed by atoms with Crippen LogP contribution in [0.4, 0.5) is 5.69 Å². The Morgan fingerprint density at radius 1 is 0.974 bits per heavy atom. The molecule has 0 aliphatic carbocycles.